The normalized spacial score (nSPS) is 36.3. The third kappa shape index (κ3) is 1.58. The first-order chi connectivity index (χ1) is 7.29. The fraction of sp³-hybridized carbons (Fsp3) is 0.538. The molecule has 3 rings (SSSR count). The molecule has 0 bridgehead atoms. The molecule has 0 radical (unpaired) electrons. The van der Waals surface area contributed by atoms with E-state index in [2.05, 4.69) is 29.2 Å². The zero-order valence-corrected chi connectivity index (χ0v) is 9.00. The van der Waals surface area contributed by atoms with Crippen LogP contribution in [0.25, 0.3) is 0 Å². The molecule has 1 saturated carbocycles. The van der Waals surface area contributed by atoms with Crippen LogP contribution in [0, 0.1) is 0 Å². The van der Waals surface area contributed by atoms with Gasteiger partial charge in [-0.05, 0) is 25.3 Å². The minimum atomic E-state index is -0.212. The van der Waals surface area contributed by atoms with Gasteiger partial charge in [0.1, 0.15) is 0 Å². The summed E-state index contributed by atoms with van der Waals surface area (Å²) >= 11 is 0. The lowest BCUT2D eigenvalue weighted by atomic mass is 10.1. The quantitative estimate of drug-likeness (QED) is 0.759. The molecule has 0 aromatic heterocycles. The molecule has 80 valence electrons. The Hall–Kier alpha value is -0.860. The highest BCUT2D eigenvalue weighted by Gasteiger charge is 2.56. The van der Waals surface area contributed by atoms with Crippen LogP contribution in [0.4, 0.5) is 0 Å². The highest BCUT2D eigenvalue weighted by molar-refractivity contribution is 5.29. The first-order valence-corrected chi connectivity index (χ1v) is 5.79. The van der Waals surface area contributed by atoms with Crippen LogP contribution in [0.1, 0.15) is 31.4 Å². The largest absolute Gasteiger partial charge is 0.392 e. The Labute approximate surface area is 90.5 Å². The van der Waals surface area contributed by atoms with E-state index in [1.165, 1.54) is 18.4 Å². The van der Waals surface area contributed by atoms with Crippen LogP contribution in [0.15, 0.2) is 30.3 Å². The summed E-state index contributed by atoms with van der Waals surface area (Å²) in [6.45, 7) is 1.91. The molecule has 2 fully saturated rings. The smallest absolute Gasteiger partial charge is 0.0686 e. The van der Waals surface area contributed by atoms with Crippen LogP contribution in [0.3, 0.4) is 0 Å². The van der Waals surface area contributed by atoms with Crippen molar-refractivity contribution in [3.8, 4) is 0 Å². The molecule has 2 heteroatoms. The molecular formula is C13H17NO. The summed E-state index contributed by atoms with van der Waals surface area (Å²) in [5.74, 6) is 0. The van der Waals surface area contributed by atoms with Gasteiger partial charge in [-0.3, -0.25) is 4.90 Å². The molecule has 1 aliphatic carbocycles. The predicted molar refractivity (Wildman–Crippen MR) is 59.5 cm³/mol. The van der Waals surface area contributed by atoms with E-state index in [-0.39, 0.29) is 6.10 Å². The second-order valence-corrected chi connectivity index (χ2v) is 4.77. The Morgan fingerprint density at radius 3 is 2.47 bits per heavy atom. The van der Waals surface area contributed by atoms with Gasteiger partial charge in [-0.15, -0.1) is 0 Å². The van der Waals surface area contributed by atoms with Gasteiger partial charge in [0.2, 0.25) is 0 Å². The number of benzene rings is 1. The van der Waals surface area contributed by atoms with E-state index in [1.807, 2.05) is 13.0 Å². The Morgan fingerprint density at radius 2 is 1.93 bits per heavy atom. The first kappa shape index (κ1) is 9.37. The molecule has 2 aliphatic rings. The second kappa shape index (κ2) is 3.32. The maximum absolute atomic E-state index is 9.73. The van der Waals surface area contributed by atoms with Crippen molar-refractivity contribution >= 4 is 0 Å². The Balaban J connectivity index is 1.81. The Morgan fingerprint density at radius 1 is 1.27 bits per heavy atom. The van der Waals surface area contributed by atoms with Crippen LogP contribution in [0.5, 0.6) is 0 Å². The van der Waals surface area contributed by atoms with Crippen molar-refractivity contribution in [3.63, 3.8) is 0 Å². The van der Waals surface area contributed by atoms with E-state index in [0.717, 1.165) is 6.04 Å². The summed E-state index contributed by atoms with van der Waals surface area (Å²) < 4.78 is 0. The van der Waals surface area contributed by atoms with Gasteiger partial charge in [0.25, 0.3) is 0 Å². The molecule has 1 saturated heterocycles. The average Bonchev–Trinajstić information content (AvgIpc) is 3.11. The van der Waals surface area contributed by atoms with E-state index < -0.39 is 0 Å². The first-order valence-electron chi connectivity index (χ1n) is 5.79. The maximum atomic E-state index is 9.73. The van der Waals surface area contributed by atoms with E-state index in [1.54, 1.807) is 0 Å². The average molecular weight is 203 g/mol. The van der Waals surface area contributed by atoms with Crippen molar-refractivity contribution in [1.29, 1.82) is 0 Å². The lowest BCUT2D eigenvalue weighted by Gasteiger charge is -2.01. The number of rotatable bonds is 3. The molecule has 15 heavy (non-hydrogen) atoms. The third-order valence-corrected chi connectivity index (χ3v) is 3.50. The maximum Gasteiger partial charge on any atom is 0.0686 e. The van der Waals surface area contributed by atoms with Crippen molar-refractivity contribution < 1.29 is 5.11 Å². The number of aliphatic hydroxyl groups excluding tert-OH is 1. The van der Waals surface area contributed by atoms with E-state index in [9.17, 15) is 5.11 Å². The van der Waals surface area contributed by atoms with Gasteiger partial charge >= 0.3 is 0 Å². The lowest BCUT2D eigenvalue weighted by molar-refractivity contribution is 0.173. The summed E-state index contributed by atoms with van der Waals surface area (Å²) in [5, 5.41) is 9.73. The van der Waals surface area contributed by atoms with E-state index in [4.69, 9.17) is 0 Å². The Kier molecular flexibility index (Phi) is 2.08. The second-order valence-electron chi connectivity index (χ2n) is 4.77. The van der Waals surface area contributed by atoms with Crippen molar-refractivity contribution in [2.45, 2.75) is 44.0 Å². The van der Waals surface area contributed by atoms with E-state index >= 15 is 0 Å². The highest BCUT2D eigenvalue weighted by atomic mass is 16.3. The molecule has 1 aromatic rings. The van der Waals surface area contributed by atoms with Gasteiger partial charge < -0.3 is 5.11 Å². The molecule has 0 amide bonds. The molecule has 1 unspecified atom stereocenters. The van der Waals surface area contributed by atoms with Crippen LogP contribution in [-0.4, -0.2) is 28.2 Å². The monoisotopic (exact) mass is 203 g/mol. The van der Waals surface area contributed by atoms with Gasteiger partial charge in [0, 0.05) is 6.04 Å². The molecular weight excluding hydrogens is 186 g/mol. The Bertz CT molecular complexity index is 337. The van der Waals surface area contributed by atoms with Crippen molar-refractivity contribution in [1.82, 2.24) is 4.90 Å². The van der Waals surface area contributed by atoms with Gasteiger partial charge in [-0.2, -0.15) is 0 Å². The van der Waals surface area contributed by atoms with Crippen molar-refractivity contribution in [2.24, 2.45) is 0 Å². The van der Waals surface area contributed by atoms with Crippen LogP contribution < -0.4 is 0 Å². The summed E-state index contributed by atoms with van der Waals surface area (Å²) in [6, 6.07) is 12.1. The number of nitrogens with zero attached hydrogens (tertiary/aromatic N) is 1. The van der Waals surface area contributed by atoms with Crippen LogP contribution in [0.2, 0.25) is 0 Å². The molecule has 1 heterocycles. The van der Waals surface area contributed by atoms with Crippen LogP contribution >= 0.6 is 0 Å². The van der Waals surface area contributed by atoms with Gasteiger partial charge in [-0.25, -0.2) is 0 Å². The van der Waals surface area contributed by atoms with Crippen molar-refractivity contribution in [2.75, 3.05) is 0 Å². The molecule has 2 nitrogen and oxygen atoms in total. The van der Waals surface area contributed by atoms with Crippen LogP contribution in [-0.2, 0) is 0 Å². The molecule has 1 aromatic carbocycles. The van der Waals surface area contributed by atoms with Crippen molar-refractivity contribution in [3.05, 3.63) is 35.9 Å². The summed E-state index contributed by atoms with van der Waals surface area (Å²) in [6.07, 6.45) is 2.41. The zero-order chi connectivity index (χ0) is 10.4. The molecule has 4 atom stereocenters. The van der Waals surface area contributed by atoms with E-state index in [0.29, 0.717) is 12.1 Å². The fourth-order valence-electron chi connectivity index (χ4n) is 2.64. The minimum Gasteiger partial charge on any atom is -0.392 e. The zero-order valence-electron chi connectivity index (χ0n) is 9.00. The standard InChI is InChI=1S/C13H17NO/c1-9(15)12-13(14(12)11-7-8-11)10-5-3-2-4-6-10/h2-6,9,11-13,15H,7-8H2,1H3/t9-,12-,13+,14?/m1/s1. The number of hydrogen-bond acceptors (Lipinski definition) is 2. The summed E-state index contributed by atoms with van der Waals surface area (Å²) in [7, 11) is 0. The summed E-state index contributed by atoms with van der Waals surface area (Å²) in [4.78, 5) is 2.47. The third-order valence-electron chi connectivity index (χ3n) is 3.50. The van der Waals surface area contributed by atoms with Gasteiger partial charge in [-0.1, -0.05) is 30.3 Å². The molecule has 1 aliphatic heterocycles. The number of hydrogen-bond donors (Lipinski definition) is 1. The SMILES string of the molecule is C[C@@H](O)[C@@H]1[C@H](c2ccccc2)N1C1CC1. The lowest BCUT2D eigenvalue weighted by Crippen LogP contribution is -2.15. The predicted octanol–water partition coefficient (Wildman–Crippen LogP) is 1.96. The minimum absolute atomic E-state index is 0.212. The fourth-order valence-corrected chi connectivity index (χ4v) is 2.64. The summed E-state index contributed by atoms with van der Waals surface area (Å²) in [5.41, 5.74) is 1.36. The van der Waals surface area contributed by atoms with Gasteiger partial charge in [0.05, 0.1) is 18.2 Å². The molecule has 1 N–H and O–H groups in total. The molecule has 0 spiro atoms. The van der Waals surface area contributed by atoms with Gasteiger partial charge in [0.15, 0.2) is 0 Å². The topological polar surface area (TPSA) is 23.2 Å². The highest BCUT2D eigenvalue weighted by Crippen LogP contribution is 2.52. The number of aliphatic hydroxyl groups is 1.